The minimum Gasteiger partial charge on any atom is -0.481 e. The summed E-state index contributed by atoms with van der Waals surface area (Å²) in [4.78, 5) is 17.1. The number of amidine groups is 1. The molecule has 1 aliphatic rings. The molecule has 0 aliphatic carbocycles. The first-order valence-electron chi connectivity index (χ1n) is 9.22. The number of rotatable bonds is 13. The van der Waals surface area contributed by atoms with E-state index in [0.717, 1.165) is 18.7 Å². The first-order chi connectivity index (χ1) is 11.0. The molecular weight excluding hydrogens is 292 g/mol. The second-order valence-corrected chi connectivity index (χ2v) is 6.82. The number of nitrogens with zero attached hydrogens (tertiary/aromatic N) is 2. The predicted molar refractivity (Wildman–Crippen MR) is 93.7 cm³/mol. The molecule has 0 aromatic carbocycles. The van der Waals surface area contributed by atoms with Crippen LogP contribution in [-0.2, 0) is 4.79 Å². The standard InChI is InChI=1S/C18H34N2O3/c1-3-4-5-6-7-8-9-10-11-12-16-19-13-14-20(16)18(2,23)15-17(21)22/h23H,3-15H2,1-2H3,(H,21,22). The van der Waals surface area contributed by atoms with E-state index in [0.29, 0.717) is 13.1 Å². The van der Waals surface area contributed by atoms with E-state index in [9.17, 15) is 9.90 Å². The molecule has 1 rings (SSSR count). The van der Waals surface area contributed by atoms with E-state index in [-0.39, 0.29) is 6.42 Å². The number of aliphatic carboxylic acids is 1. The molecule has 0 aromatic rings. The average molecular weight is 326 g/mol. The van der Waals surface area contributed by atoms with Crippen LogP contribution in [0.25, 0.3) is 0 Å². The van der Waals surface area contributed by atoms with Crippen molar-refractivity contribution in [3.63, 3.8) is 0 Å². The summed E-state index contributed by atoms with van der Waals surface area (Å²) in [5.74, 6) is -0.108. The summed E-state index contributed by atoms with van der Waals surface area (Å²) < 4.78 is 0. The van der Waals surface area contributed by atoms with Crippen LogP contribution in [0.2, 0.25) is 0 Å². The van der Waals surface area contributed by atoms with Gasteiger partial charge >= 0.3 is 5.97 Å². The van der Waals surface area contributed by atoms with Gasteiger partial charge in [0.1, 0.15) is 11.6 Å². The van der Waals surface area contributed by atoms with E-state index in [1.807, 2.05) is 0 Å². The molecule has 0 radical (unpaired) electrons. The van der Waals surface area contributed by atoms with E-state index < -0.39 is 11.7 Å². The highest BCUT2D eigenvalue weighted by Crippen LogP contribution is 2.22. The Morgan fingerprint density at radius 2 is 1.70 bits per heavy atom. The van der Waals surface area contributed by atoms with Crippen molar-refractivity contribution in [2.75, 3.05) is 13.1 Å². The van der Waals surface area contributed by atoms with Crippen molar-refractivity contribution in [2.24, 2.45) is 4.99 Å². The predicted octanol–water partition coefficient (Wildman–Crippen LogP) is 3.80. The smallest absolute Gasteiger partial charge is 0.308 e. The zero-order valence-corrected chi connectivity index (χ0v) is 14.9. The van der Waals surface area contributed by atoms with Crippen LogP contribution in [-0.4, -0.2) is 45.7 Å². The normalized spacial score (nSPS) is 17.2. The van der Waals surface area contributed by atoms with Crippen LogP contribution in [0.1, 0.15) is 84.5 Å². The molecule has 1 unspecified atom stereocenters. The molecule has 5 nitrogen and oxygen atoms in total. The Morgan fingerprint density at radius 3 is 2.26 bits per heavy atom. The number of hydrogen-bond acceptors (Lipinski definition) is 4. The molecule has 5 heteroatoms. The Balaban J connectivity index is 2.17. The largest absolute Gasteiger partial charge is 0.481 e. The fourth-order valence-corrected chi connectivity index (χ4v) is 3.20. The number of aliphatic hydroxyl groups is 1. The lowest BCUT2D eigenvalue weighted by atomic mass is 10.1. The SMILES string of the molecule is CCCCCCCCCCCC1=NCCN1C(C)(O)CC(=O)O. The third-order valence-corrected chi connectivity index (χ3v) is 4.50. The summed E-state index contributed by atoms with van der Waals surface area (Å²) in [6.45, 7) is 5.08. The Bertz CT molecular complexity index is 380. The second kappa shape index (κ2) is 10.6. The fourth-order valence-electron chi connectivity index (χ4n) is 3.20. The number of aliphatic imine (C=N–C) groups is 1. The van der Waals surface area contributed by atoms with Crippen molar-refractivity contribution >= 4 is 11.8 Å². The first kappa shape index (κ1) is 19.9. The molecule has 2 N–H and O–H groups in total. The minimum atomic E-state index is -1.33. The van der Waals surface area contributed by atoms with Gasteiger partial charge in [-0.05, 0) is 13.3 Å². The number of carboxylic acids is 1. The molecule has 1 aliphatic heterocycles. The summed E-state index contributed by atoms with van der Waals surface area (Å²) in [5, 5.41) is 19.3. The maximum absolute atomic E-state index is 10.9. The lowest BCUT2D eigenvalue weighted by Crippen LogP contribution is -2.49. The van der Waals surface area contributed by atoms with Crippen LogP contribution < -0.4 is 0 Å². The molecule has 1 heterocycles. The molecule has 0 amide bonds. The highest BCUT2D eigenvalue weighted by atomic mass is 16.4. The Hall–Kier alpha value is -1.10. The molecule has 0 fully saturated rings. The van der Waals surface area contributed by atoms with Crippen LogP contribution in [0.4, 0.5) is 0 Å². The van der Waals surface area contributed by atoms with Gasteiger partial charge in [0.15, 0.2) is 0 Å². The van der Waals surface area contributed by atoms with E-state index in [1.54, 1.807) is 11.8 Å². The second-order valence-electron chi connectivity index (χ2n) is 6.82. The lowest BCUT2D eigenvalue weighted by molar-refractivity contribution is -0.147. The lowest BCUT2D eigenvalue weighted by Gasteiger charge is -2.35. The van der Waals surface area contributed by atoms with Crippen LogP contribution in [0.5, 0.6) is 0 Å². The summed E-state index contributed by atoms with van der Waals surface area (Å²) in [6.07, 6.45) is 12.1. The minimum absolute atomic E-state index is 0.274. The van der Waals surface area contributed by atoms with Gasteiger partial charge in [-0.25, -0.2) is 0 Å². The van der Waals surface area contributed by atoms with Crippen molar-refractivity contribution < 1.29 is 15.0 Å². The quantitative estimate of drug-likeness (QED) is 0.505. The molecule has 1 atom stereocenters. The zero-order valence-electron chi connectivity index (χ0n) is 14.9. The van der Waals surface area contributed by atoms with Gasteiger partial charge < -0.3 is 15.1 Å². The molecule has 0 spiro atoms. The number of carboxylic acid groups (broad SMARTS) is 1. The molecule has 0 aromatic heterocycles. The average Bonchev–Trinajstić information content (AvgIpc) is 2.93. The van der Waals surface area contributed by atoms with Gasteiger partial charge in [0.05, 0.1) is 13.0 Å². The van der Waals surface area contributed by atoms with Crippen molar-refractivity contribution in [1.29, 1.82) is 0 Å². The van der Waals surface area contributed by atoms with Gasteiger partial charge in [-0.2, -0.15) is 0 Å². The maximum Gasteiger partial charge on any atom is 0.308 e. The van der Waals surface area contributed by atoms with E-state index in [1.165, 1.54) is 51.4 Å². The molecule has 134 valence electrons. The summed E-state index contributed by atoms with van der Waals surface area (Å²) in [5.41, 5.74) is -1.33. The van der Waals surface area contributed by atoms with Crippen LogP contribution in [0.3, 0.4) is 0 Å². The summed E-state index contributed by atoms with van der Waals surface area (Å²) in [7, 11) is 0. The topological polar surface area (TPSA) is 73.1 Å². The van der Waals surface area contributed by atoms with Gasteiger partial charge in [0, 0.05) is 13.0 Å². The van der Waals surface area contributed by atoms with Gasteiger partial charge in [0.2, 0.25) is 0 Å². The van der Waals surface area contributed by atoms with Crippen molar-refractivity contribution in [3.05, 3.63) is 0 Å². The van der Waals surface area contributed by atoms with Gasteiger partial charge in [-0.15, -0.1) is 0 Å². The van der Waals surface area contributed by atoms with Gasteiger partial charge in [-0.1, -0.05) is 58.3 Å². The van der Waals surface area contributed by atoms with Crippen molar-refractivity contribution in [2.45, 2.75) is 90.2 Å². The highest BCUT2D eigenvalue weighted by Gasteiger charge is 2.35. The van der Waals surface area contributed by atoms with E-state index >= 15 is 0 Å². The van der Waals surface area contributed by atoms with Crippen LogP contribution >= 0.6 is 0 Å². The van der Waals surface area contributed by atoms with Crippen molar-refractivity contribution in [1.82, 2.24) is 4.90 Å². The number of hydrogen-bond donors (Lipinski definition) is 2. The van der Waals surface area contributed by atoms with E-state index in [2.05, 4.69) is 11.9 Å². The summed E-state index contributed by atoms with van der Waals surface area (Å²) in [6, 6.07) is 0. The number of unbranched alkanes of at least 4 members (excludes halogenated alkanes) is 8. The number of carbonyl (C=O) groups is 1. The van der Waals surface area contributed by atoms with Crippen molar-refractivity contribution in [3.8, 4) is 0 Å². The molecule has 0 saturated carbocycles. The Kier molecular flexibility index (Phi) is 9.22. The van der Waals surface area contributed by atoms with E-state index in [4.69, 9.17) is 5.11 Å². The van der Waals surface area contributed by atoms with Crippen LogP contribution in [0.15, 0.2) is 4.99 Å². The summed E-state index contributed by atoms with van der Waals surface area (Å²) >= 11 is 0. The van der Waals surface area contributed by atoms with Gasteiger partial charge in [-0.3, -0.25) is 9.79 Å². The fraction of sp³-hybridized carbons (Fsp3) is 0.889. The highest BCUT2D eigenvalue weighted by molar-refractivity contribution is 5.84. The maximum atomic E-state index is 10.9. The zero-order chi connectivity index (χ0) is 17.1. The monoisotopic (exact) mass is 326 g/mol. The molecule has 0 bridgehead atoms. The third kappa shape index (κ3) is 7.82. The van der Waals surface area contributed by atoms with Gasteiger partial charge in [0.25, 0.3) is 0 Å². The molecule has 0 saturated heterocycles. The van der Waals surface area contributed by atoms with Crippen LogP contribution in [0, 0.1) is 0 Å². The first-order valence-corrected chi connectivity index (χ1v) is 9.22. The molecule has 23 heavy (non-hydrogen) atoms. The Morgan fingerprint density at radius 1 is 1.13 bits per heavy atom. The third-order valence-electron chi connectivity index (χ3n) is 4.50. The molecular formula is C18H34N2O3. The Labute approximate surface area is 140 Å².